The van der Waals surface area contributed by atoms with Crippen LogP contribution in [0.4, 0.5) is 0 Å². The van der Waals surface area contributed by atoms with E-state index in [1.165, 1.54) is 5.56 Å². The van der Waals surface area contributed by atoms with E-state index in [4.69, 9.17) is 23.2 Å². The largest absolute Gasteiger partial charge is 0.335 e. The molecule has 3 rings (SSSR count). The number of benzene rings is 2. The molecule has 4 heteroatoms. The lowest BCUT2D eigenvalue weighted by molar-refractivity contribution is 0.0534. The van der Waals surface area contributed by atoms with Crippen LogP contribution in [0.3, 0.4) is 0 Å². The third-order valence-electron chi connectivity index (χ3n) is 5.74. The van der Waals surface area contributed by atoms with Crippen LogP contribution < -0.4 is 0 Å². The molecule has 0 unspecified atom stereocenters. The van der Waals surface area contributed by atoms with Gasteiger partial charge in [0.05, 0.1) is 0 Å². The van der Waals surface area contributed by atoms with Crippen molar-refractivity contribution >= 4 is 29.1 Å². The molecule has 1 aliphatic rings. The monoisotopic (exact) mass is 431 g/mol. The molecule has 2 nitrogen and oxygen atoms in total. The van der Waals surface area contributed by atoms with Gasteiger partial charge in [0.25, 0.3) is 5.91 Å². The summed E-state index contributed by atoms with van der Waals surface area (Å²) in [6.07, 6.45) is 4.30. The molecule has 0 aromatic heterocycles. The van der Waals surface area contributed by atoms with Crippen LogP contribution in [-0.2, 0) is 5.88 Å². The SMILES string of the molecule is CC(C)(C)CN(C(=O)c1ccc(Cl)cc1)[C@H]1CC[C@H](c2ccc(CCl)cc2)CC1. The van der Waals surface area contributed by atoms with Crippen LogP contribution in [0.25, 0.3) is 0 Å². The van der Waals surface area contributed by atoms with Gasteiger partial charge in [-0.3, -0.25) is 4.79 Å². The first-order valence-electron chi connectivity index (χ1n) is 10.5. The molecule has 0 aliphatic heterocycles. The van der Waals surface area contributed by atoms with Crippen molar-refractivity contribution < 1.29 is 4.79 Å². The first-order valence-corrected chi connectivity index (χ1v) is 11.4. The molecule has 1 amide bonds. The highest BCUT2D eigenvalue weighted by molar-refractivity contribution is 6.30. The van der Waals surface area contributed by atoms with Gasteiger partial charge in [0.15, 0.2) is 0 Å². The molecule has 1 saturated carbocycles. The zero-order chi connectivity index (χ0) is 21.0. The molecule has 0 atom stereocenters. The number of halogens is 2. The highest BCUT2D eigenvalue weighted by Crippen LogP contribution is 2.36. The maximum Gasteiger partial charge on any atom is 0.254 e. The van der Waals surface area contributed by atoms with Crippen molar-refractivity contribution in [3.8, 4) is 0 Å². The number of amides is 1. The highest BCUT2D eigenvalue weighted by Gasteiger charge is 2.32. The number of alkyl halides is 1. The standard InChI is InChI=1S/C25H31Cl2NO/c1-25(2,3)17-28(24(29)21-8-12-22(27)13-9-21)23-14-10-20(11-15-23)19-6-4-18(16-26)5-7-19/h4-9,12-13,20,23H,10-11,14-17H2,1-3H3/t20-,23-. The van der Waals surface area contributed by atoms with Gasteiger partial charge in [-0.2, -0.15) is 0 Å². The van der Waals surface area contributed by atoms with Crippen molar-refractivity contribution in [2.24, 2.45) is 5.41 Å². The molecule has 1 fully saturated rings. The number of nitrogens with zero attached hydrogens (tertiary/aromatic N) is 1. The molecule has 156 valence electrons. The Morgan fingerprint density at radius 1 is 0.966 bits per heavy atom. The molecule has 0 radical (unpaired) electrons. The van der Waals surface area contributed by atoms with E-state index in [0.717, 1.165) is 43.4 Å². The second-order valence-corrected chi connectivity index (χ2v) is 10.1. The van der Waals surface area contributed by atoms with Gasteiger partial charge in [-0.25, -0.2) is 0 Å². The minimum Gasteiger partial charge on any atom is -0.335 e. The fourth-order valence-electron chi connectivity index (χ4n) is 4.24. The summed E-state index contributed by atoms with van der Waals surface area (Å²) in [7, 11) is 0. The van der Waals surface area contributed by atoms with Gasteiger partial charge >= 0.3 is 0 Å². The summed E-state index contributed by atoms with van der Waals surface area (Å²) < 4.78 is 0. The maximum absolute atomic E-state index is 13.3. The van der Waals surface area contributed by atoms with Crippen LogP contribution in [0.1, 0.15) is 73.9 Å². The van der Waals surface area contributed by atoms with Crippen LogP contribution >= 0.6 is 23.2 Å². The van der Waals surface area contributed by atoms with E-state index in [-0.39, 0.29) is 17.4 Å². The first-order chi connectivity index (χ1) is 13.8. The normalized spacial score (nSPS) is 19.8. The Balaban J connectivity index is 1.72. The summed E-state index contributed by atoms with van der Waals surface area (Å²) >= 11 is 11.9. The fourth-order valence-corrected chi connectivity index (χ4v) is 4.54. The van der Waals surface area contributed by atoms with E-state index >= 15 is 0 Å². The van der Waals surface area contributed by atoms with E-state index < -0.39 is 0 Å². The Morgan fingerprint density at radius 2 is 1.55 bits per heavy atom. The van der Waals surface area contributed by atoms with Crippen LogP contribution in [0, 0.1) is 5.41 Å². The van der Waals surface area contributed by atoms with Crippen molar-refractivity contribution in [3.63, 3.8) is 0 Å². The van der Waals surface area contributed by atoms with E-state index in [1.807, 2.05) is 12.1 Å². The molecular formula is C25H31Cl2NO. The Morgan fingerprint density at radius 3 is 2.07 bits per heavy atom. The van der Waals surface area contributed by atoms with Gasteiger partial charge in [-0.1, -0.05) is 56.6 Å². The molecular weight excluding hydrogens is 401 g/mol. The fraction of sp³-hybridized carbons (Fsp3) is 0.480. The topological polar surface area (TPSA) is 20.3 Å². The van der Waals surface area contributed by atoms with Gasteiger partial charge in [0, 0.05) is 29.1 Å². The van der Waals surface area contributed by atoms with Gasteiger partial charge < -0.3 is 4.90 Å². The molecule has 29 heavy (non-hydrogen) atoms. The van der Waals surface area contributed by atoms with E-state index in [2.05, 4.69) is 49.9 Å². The summed E-state index contributed by atoms with van der Waals surface area (Å²) in [5, 5.41) is 0.657. The van der Waals surface area contributed by atoms with Crippen LogP contribution in [0.15, 0.2) is 48.5 Å². The van der Waals surface area contributed by atoms with Crippen LogP contribution in [0.2, 0.25) is 5.02 Å². The number of hydrogen-bond donors (Lipinski definition) is 0. The van der Waals surface area contributed by atoms with Crippen LogP contribution in [-0.4, -0.2) is 23.4 Å². The minimum absolute atomic E-state index is 0.0519. The Hall–Kier alpha value is -1.51. The minimum atomic E-state index is 0.0519. The van der Waals surface area contributed by atoms with Gasteiger partial charge in [0.2, 0.25) is 0 Å². The average molecular weight is 432 g/mol. The molecule has 0 heterocycles. The third-order valence-corrected chi connectivity index (χ3v) is 6.30. The Labute approximate surface area is 185 Å². The number of rotatable bonds is 5. The lowest BCUT2D eigenvalue weighted by atomic mass is 9.80. The third kappa shape index (κ3) is 5.99. The zero-order valence-corrected chi connectivity index (χ0v) is 19.1. The summed E-state index contributed by atoms with van der Waals surface area (Å²) in [6, 6.07) is 16.2. The zero-order valence-electron chi connectivity index (χ0n) is 17.6. The number of hydrogen-bond acceptors (Lipinski definition) is 1. The van der Waals surface area contributed by atoms with E-state index in [9.17, 15) is 4.79 Å². The van der Waals surface area contributed by atoms with Crippen molar-refractivity contribution in [1.29, 1.82) is 0 Å². The van der Waals surface area contributed by atoms with Gasteiger partial charge in [-0.05, 0) is 72.4 Å². The first kappa shape index (κ1) is 22.2. The Kier molecular flexibility index (Phi) is 7.29. The van der Waals surface area contributed by atoms with Crippen molar-refractivity contribution in [2.45, 2.75) is 64.3 Å². The number of carbonyl (C=O) groups is 1. The Bertz CT molecular complexity index is 800. The average Bonchev–Trinajstić information content (AvgIpc) is 2.72. The van der Waals surface area contributed by atoms with Crippen LogP contribution in [0.5, 0.6) is 0 Å². The smallest absolute Gasteiger partial charge is 0.254 e. The molecule has 0 saturated heterocycles. The molecule has 2 aromatic carbocycles. The summed E-state index contributed by atoms with van der Waals surface area (Å²) in [4.78, 5) is 15.4. The predicted octanol–water partition coefficient (Wildman–Crippen LogP) is 7.29. The second-order valence-electron chi connectivity index (χ2n) is 9.38. The summed E-state index contributed by atoms with van der Waals surface area (Å²) in [6.45, 7) is 7.34. The highest BCUT2D eigenvalue weighted by atomic mass is 35.5. The summed E-state index contributed by atoms with van der Waals surface area (Å²) in [5.41, 5.74) is 3.33. The maximum atomic E-state index is 13.3. The van der Waals surface area contributed by atoms with Crippen molar-refractivity contribution in [2.75, 3.05) is 6.54 Å². The lowest BCUT2D eigenvalue weighted by Crippen LogP contribution is -2.46. The molecule has 1 aliphatic carbocycles. The molecule has 0 spiro atoms. The quantitative estimate of drug-likeness (QED) is 0.454. The summed E-state index contributed by atoms with van der Waals surface area (Å²) in [5.74, 6) is 1.24. The molecule has 2 aromatic rings. The van der Waals surface area contributed by atoms with Gasteiger partial charge in [0.1, 0.15) is 0 Å². The van der Waals surface area contributed by atoms with E-state index in [1.54, 1.807) is 12.1 Å². The lowest BCUT2D eigenvalue weighted by Gasteiger charge is -2.40. The van der Waals surface area contributed by atoms with Gasteiger partial charge in [-0.15, -0.1) is 11.6 Å². The van der Waals surface area contributed by atoms with Crippen molar-refractivity contribution in [3.05, 3.63) is 70.2 Å². The number of carbonyl (C=O) groups excluding carboxylic acids is 1. The van der Waals surface area contributed by atoms with E-state index in [0.29, 0.717) is 16.8 Å². The molecule has 0 bridgehead atoms. The van der Waals surface area contributed by atoms with Crippen molar-refractivity contribution in [1.82, 2.24) is 4.90 Å². The second kappa shape index (κ2) is 9.53. The predicted molar refractivity (Wildman–Crippen MR) is 123 cm³/mol. The molecule has 0 N–H and O–H groups in total.